The van der Waals surface area contributed by atoms with Gasteiger partial charge in [-0.1, -0.05) is 145 Å². The molecule has 0 amide bonds. The summed E-state index contributed by atoms with van der Waals surface area (Å²) in [6, 6.07) is 84.2. The highest BCUT2D eigenvalue weighted by Gasteiger charge is 2.29. The van der Waals surface area contributed by atoms with Crippen molar-refractivity contribution in [2.75, 3.05) is 0 Å². The molecule has 4 heterocycles. The van der Waals surface area contributed by atoms with E-state index in [4.69, 9.17) is 15.0 Å². The van der Waals surface area contributed by atoms with Gasteiger partial charge in [-0.25, -0.2) is 15.0 Å². The van der Waals surface area contributed by atoms with Gasteiger partial charge in [-0.15, -0.1) is 0 Å². The average Bonchev–Trinajstić information content (AvgIpc) is 4.20. The Kier molecular flexibility index (Phi) is 10.0. The fourth-order valence-electron chi connectivity index (χ4n) is 10.8. The van der Waals surface area contributed by atoms with Gasteiger partial charge in [0.2, 0.25) is 0 Å². The highest BCUT2D eigenvalue weighted by molar-refractivity contribution is 7.99. The quantitative estimate of drug-likeness (QED) is 0.150. The van der Waals surface area contributed by atoms with Gasteiger partial charge in [0.1, 0.15) is 6.07 Å². The summed E-state index contributed by atoms with van der Waals surface area (Å²) >= 11 is 1.52. The van der Waals surface area contributed by atoms with E-state index in [0.29, 0.717) is 28.6 Å². The number of hydrogen-bond acceptors (Lipinski definition) is 6. The summed E-state index contributed by atoms with van der Waals surface area (Å²) in [6.07, 6.45) is 0. The van der Waals surface area contributed by atoms with Gasteiger partial charge >= 0.3 is 0 Å². The minimum Gasteiger partial charge on any atom is -0.308 e. The molecule has 0 aliphatic carbocycles. The zero-order chi connectivity index (χ0) is 49.3. The van der Waals surface area contributed by atoms with Crippen molar-refractivity contribution < 1.29 is 0 Å². The van der Waals surface area contributed by atoms with Crippen LogP contribution in [0.3, 0.4) is 0 Å². The Morgan fingerprint density at radius 3 is 1.16 bits per heavy atom. The molecule has 0 saturated carbocycles. The number of benzene rings is 10. The Hall–Kier alpha value is -10.1. The van der Waals surface area contributed by atoms with Crippen molar-refractivity contribution in [3.05, 3.63) is 242 Å². The third-order valence-electron chi connectivity index (χ3n) is 14.0. The van der Waals surface area contributed by atoms with Crippen LogP contribution in [0.15, 0.2) is 240 Å². The van der Waals surface area contributed by atoms with Gasteiger partial charge < -0.3 is 13.7 Å². The lowest BCUT2D eigenvalue weighted by molar-refractivity contribution is 1.07. The van der Waals surface area contributed by atoms with Crippen LogP contribution in [0.2, 0.25) is 0 Å². The number of nitriles is 2. The predicted molar refractivity (Wildman–Crippen MR) is 299 cm³/mol. The molecule has 0 aliphatic heterocycles. The molecule has 0 bridgehead atoms. The van der Waals surface area contributed by atoms with Crippen LogP contribution in [0.4, 0.5) is 0 Å². The van der Waals surface area contributed by atoms with Gasteiger partial charge in [0.15, 0.2) is 17.5 Å². The van der Waals surface area contributed by atoms with Crippen LogP contribution in [0, 0.1) is 22.7 Å². The Labute approximate surface area is 428 Å². The normalized spacial score (nSPS) is 11.5. The summed E-state index contributed by atoms with van der Waals surface area (Å²) in [5.41, 5.74) is 13.4. The molecule has 344 valence electrons. The molecule has 8 nitrogen and oxygen atoms in total. The maximum atomic E-state index is 10.00. The maximum Gasteiger partial charge on any atom is 0.164 e. The fourth-order valence-corrected chi connectivity index (χ4v) is 11.7. The van der Waals surface area contributed by atoms with Gasteiger partial charge in [-0.3, -0.25) is 0 Å². The first-order valence-corrected chi connectivity index (χ1v) is 25.1. The largest absolute Gasteiger partial charge is 0.308 e. The summed E-state index contributed by atoms with van der Waals surface area (Å²) in [6.45, 7) is 0. The van der Waals surface area contributed by atoms with Crippen LogP contribution in [0.25, 0.3) is 117 Å². The van der Waals surface area contributed by atoms with E-state index in [9.17, 15) is 10.5 Å². The maximum absolute atomic E-state index is 10.00. The van der Waals surface area contributed by atoms with Gasteiger partial charge in [-0.2, -0.15) is 10.5 Å². The zero-order valence-electron chi connectivity index (χ0n) is 39.4. The van der Waals surface area contributed by atoms with Crippen LogP contribution in [0.1, 0.15) is 11.1 Å². The Balaban J connectivity index is 1.05. The minimum absolute atomic E-state index is 0.465. The van der Waals surface area contributed by atoms with Crippen LogP contribution < -0.4 is 0 Å². The lowest BCUT2D eigenvalue weighted by atomic mass is 10.0. The lowest BCUT2D eigenvalue weighted by Crippen LogP contribution is -2.00. The molecule has 10 aromatic carbocycles. The van der Waals surface area contributed by atoms with E-state index >= 15 is 0 Å². The van der Waals surface area contributed by atoms with E-state index in [1.54, 1.807) is 12.1 Å². The monoisotopic (exact) mass is 962 g/mol. The molecule has 14 aromatic rings. The molecule has 0 N–H and O–H groups in total. The second kappa shape index (κ2) is 17.4. The molecule has 74 heavy (non-hydrogen) atoms. The smallest absolute Gasteiger partial charge is 0.164 e. The van der Waals surface area contributed by atoms with Gasteiger partial charge in [0.25, 0.3) is 0 Å². The predicted octanol–water partition coefficient (Wildman–Crippen LogP) is 16.1. The highest BCUT2D eigenvalue weighted by atomic mass is 32.2. The highest BCUT2D eigenvalue weighted by Crippen LogP contribution is 2.50. The number of rotatable bonds is 8. The van der Waals surface area contributed by atoms with E-state index in [1.807, 2.05) is 66.7 Å². The first-order chi connectivity index (χ1) is 36.6. The summed E-state index contributed by atoms with van der Waals surface area (Å²) in [7, 11) is 0. The van der Waals surface area contributed by atoms with Gasteiger partial charge in [0, 0.05) is 75.9 Å². The third kappa shape index (κ3) is 6.80. The minimum atomic E-state index is 0.465. The number of nitrogens with zero attached hydrogens (tertiary/aromatic N) is 8. The van der Waals surface area contributed by atoms with Gasteiger partial charge in [-0.05, 0) is 97.1 Å². The standard InChI is InChI=1S/C65H38N8S/c66-39-41-28-37-56(45(38-41)40-67)74-49-35-33-48(34-36-49)73-55-27-15-12-24-52(55)58-60-57(50-22-10-13-25-53(50)71(60)46-20-8-3-9-21-46)61-59(62(58)73)51-23-11-14-26-54(51)72(61)47-31-29-44(30-32-47)65-69-63(42-16-4-1-5-17-42)68-64(70-65)43-18-6-2-7-19-43/h1-38H. The average molecular weight is 963 g/mol. The van der Waals surface area contributed by atoms with Crippen molar-refractivity contribution in [1.82, 2.24) is 28.7 Å². The van der Waals surface area contributed by atoms with Crippen LogP contribution in [-0.4, -0.2) is 28.7 Å². The van der Waals surface area contributed by atoms with E-state index in [-0.39, 0.29) is 0 Å². The van der Waals surface area contributed by atoms with Crippen molar-refractivity contribution in [3.63, 3.8) is 0 Å². The number of hydrogen-bond donors (Lipinski definition) is 0. The van der Waals surface area contributed by atoms with E-state index in [0.717, 1.165) is 109 Å². The molecule has 4 aromatic heterocycles. The molecule has 9 heteroatoms. The molecule has 0 unspecified atom stereocenters. The Morgan fingerprint density at radius 2 is 0.730 bits per heavy atom. The van der Waals surface area contributed by atoms with Crippen molar-refractivity contribution in [2.24, 2.45) is 0 Å². The first kappa shape index (κ1) is 42.8. The molecule has 0 fully saturated rings. The molecule has 0 atom stereocenters. The summed E-state index contributed by atoms with van der Waals surface area (Å²) < 4.78 is 7.34. The Bertz CT molecular complexity index is 4560. The topological polar surface area (TPSA) is 101 Å². The summed E-state index contributed by atoms with van der Waals surface area (Å²) in [5.74, 6) is 1.83. The number of fused-ring (bicyclic) bond motifs is 12. The summed E-state index contributed by atoms with van der Waals surface area (Å²) in [4.78, 5) is 16.9. The third-order valence-corrected chi connectivity index (χ3v) is 15.1. The fraction of sp³-hybridized carbons (Fsp3) is 0. The van der Waals surface area contributed by atoms with Crippen molar-refractivity contribution >= 4 is 77.2 Å². The van der Waals surface area contributed by atoms with Crippen molar-refractivity contribution in [3.8, 4) is 63.4 Å². The number of para-hydroxylation sites is 4. The van der Waals surface area contributed by atoms with Crippen molar-refractivity contribution in [1.29, 1.82) is 10.5 Å². The molecule has 0 radical (unpaired) electrons. The Morgan fingerprint density at radius 1 is 0.351 bits per heavy atom. The second-order valence-corrected chi connectivity index (χ2v) is 19.3. The van der Waals surface area contributed by atoms with Crippen molar-refractivity contribution in [2.45, 2.75) is 9.79 Å². The van der Waals surface area contributed by atoms with E-state index in [2.05, 4.69) is 177 Å². The van der Waals surface area contributed by atoms with Gasteiger partial charge in [0.05, 0.1) is 50.3 Å². The molecule has 0 aliphatic rings. The first-order valence-electron chi connectivity index (χ1n) is 24.3. The van der Waals surface area contributed by atoms with E-state index in [1.165, 1.54) is 11.8 Å². The molecular formula is C65H38N8S. The van der Waals surface area contributed by atoms with Crippen LogP contribution in [0.5, 0.6) is 0 Å². The number of aromatic nitrogens is 6. The SMILES string of the molecule is N#Cc1ccc(Sc2ccc(-n3c4ccccc4c4c5c(c6ccccc6n5-c5ccccc5)c5c(c6ccccc6n5-c5ccc(-c6nc(-c7ccccc7)nc(-c7ccccc7)n6)cc5)c43)cc2)c(C#N)c1. The van der Waals surface area contributed by atoms with E-state index < -0.39 is 0 Å². The molecular weight excluding hydrogens is 925 g/mol. The molecule has 0 spiro atoms. The second-order valence-electron chi connectivity index (χ2n) is 18.2. The molecule has 14 rings (SSSR count). The van der Waals surface area contributed by atoms with Crippen LogP contribution in [-0.2, 0) is 0 Å². The lowest BCUT2D eigenvalue weighted by Gasteiger charge is -2.14. The zero-order valence-corrected chi connectivity index (χ0v) is 40.2. The van der Waals surface area contributed by atoms with Crippen LogP contribution >= 0.6 is 11.8 Å². The molecule has 0 saturated heterocycles. The summed E-state index contributed by atoms with van der Waals surface area (Å²) in [5, 5.41) is 26.4.